The van der Waals surface area contributed by atoms with Gasteiger partial charge in [0.25, 0.3) is 0 Å². The molecule has 0 aromatic carbocycles. The molecule has 0 heterocycles. The summed E-state index contributed by atoms with van der Waals surface area (Å²) in [5.74, 6) is 0. The predicted octanol–water partition coefficient (Wildman–Crippen LogP) is 7.15. The lowest BCUT2D eigenvalue weighted by molar-refractivity contribution is 0.916. The molecule has 0 unspecified atom stereocenters. The van der Waals surface area contributed by atoms with Crippen LogP contribution in [0.5, 0.6) is 0 Å². The fraction of sp³-hybridized carbons (Fsp3) is 0.600. The summed E-state index contributed by atoms with van der Waals surface area (Å²) in [7, 11) is 0. The molecule has 0 N–H and O–H groups in total. The molecule has 0 saturated heterocycles. The molecule has 0 nitrogen and oxygen atoms in total. The van der Waals surface area contributed by atoms with Gasteiger partial charge >= 0.3 is 0 Å². The fourth-order valence-corrected chi connectivity index (χ4v) is 2.04. The van der Waals surface area contributed by atoms with Crippen LogP contribution in [0.4, 0.5) is 0 Å². The van der Waals surface area contributed by atoms with Gasteiger partial charge in [-0.05, 0) is 80.1 Å². The van der Waals surface area contributed by atoms with Gasteiger partial charge in [0, 0.05) is 0 Å². The smallest absolute Gasteiger partial charge is 0.0288 e. The highest BCUT2D eigenvalue weighted by molar-refractivity contribution is 5.05. The Morgan fingerprint density at radius 1 is 0.500 bits per heavy atom. The molecule has 0 aliphatic rings. The summed E-state index contributed by atoms with van der Waals surface area (Å²) in [6, 6.07) is 0. The Morgan fingerprint density at radius 3 is 1.15 bits per heavy atom. The van der Waals surface area contributed by atoms with Gasteiger partial charge in [0.1, 0.15) is 0 Å². The van der Waals surface area contributed by atoms with Crippen molar-refractivity contribution in [2.75, 3.05) is 0 Å². The van der Waals surface area contributed by atoms with E-state index in [1.54, 1.807) is 0 Å². The van der Waals surface area contributed by atoms with E-state index in [-0.39, 0.29) is 0 Å². The number of hydrogen-bond donors (Lipinski definition) is 0. The van der Waals surface area contributed by atoms with Crippen LogP contribution in [0.1, 0.15) is 80.1 Å². The Labute approximate surface area is 127 Å². The first-order chi connectivity index (χ1) is 9.41. The van der Waals surface area contributed by atoms with Gasteiger partial charge in [-0.2, -0.15) is 0 Å². The lowest BCUT2D eigenvalue weighted by atomic mass is 10.1. The van der Waals surface area contributed by atoms with Crippen molar-refractivity contribution in [3.05, 3.63) is 46.6 Å². The third-order valence-corrected chi connectivity index (χ3v) is 3.33. The van der Waals surface area contributed by atoms with E-state index in [0.717, 1.165) is 0 Å². The second-order valence-electron chi connectivity index (χ2n) is 6.32. The standard InChI is InChI=1S/C20H34/c1-17(2)11-9-15-19(5)13-7-8-14-20(6)16-10-12-18(3)4/h11-14H,7-10,15-16H2,1-6H3. The number of rotatable bonds is 9. The van der Waals surface area contributed by atoms with Crippen molar-refractivity contribution >= 4 is 0 Å². The summed E-state index contributed by atoms with van der Waals surface area (Å²) < 4.78 is 0. The molecule has 0 radical (unpaired) electrons. The molecule has 0 aliphatic carbocycles. The molecule has 0 aliphatic heterocycles. The first-order valence-corrected chi connectivity index (χ1v) is 7.99. The Balaban J connectivity index is 3.86. The number of hydrogen-bond acceptors (Lipinski definition) is 0. The normalized spacial score (nSPS) is 12.3. The summed E-state index contributed by atoms with van der Waals surface area (Å²) >= 11 is 0. The molecule has 0 aromatic heterocycles. The van der Waals surface area contributed by atoms with Crippen LogP contribution in [0, 0.1) is 0 Å². The van der Waals surface area contributed by atoms with Crippen LogP contribution in [0.2, 0.25) is 0 Å². The first-order valence-electron chi connectivity index (χ1n) is 7.99. The summed E-state index contributed by atoms with van der Waals surface area (Å²) in [6.45, 7) is 13.2. The number of allylic oxidation sites excluding steroid dienone is 8. The minimum absolute atomic E-state index is 1.18. The van der Waals surface area contributed by atoms with Crippen LogP contribution in [-0.2, 0) is 0 Å². The zero-order valence-electron chi connectivity index (χ0n) is 14.6. The van der Waals surface area contributed by atoms with Crippen molar-refractivity contribution in [3.63, 3.8) is 0 Å². The molecule has 0 saturated carbocycles. The van der Waals surface area contributed by atoms with Crippen molar-refractivity contribution in [2.45, 2.75) is 80.1 Å². The van der Waals surface area contributed by atoms with Gasteiger partial charge in [0.05, 0.1) is 0 Å². The lowest BCUT2D eigenvalue weighted by Crippen LogP contribution is -1.80. The Morgan fingerprint density at radius 2 is 0.850 bits per heavy atom. The molecule has 0 fully saturated rings. The third-order valence-electron chi connectivity index (χ3n) is 3.33. The molecule has 20 heavy (non-hydrogen) atoms. The number of unbranched alkanes of at least 4 members (excludes halogenated alkanes) is 1. The van der Waals surface area contributed by atoms with Crippen molar-refractivity contribution in [1.29, 1.82) is 0 Å². The molecule has 0 heteroatoms. The van der Waals surface area contributed by atoms with Crippen LogP contribution < -0.4 is 0 Å². The van der Waals surface area contributed by atoms with Crippen molar-refractivity contribution in [2.24, 2.45) is 0 Å². The van der Waals surface area contributed by atoms with Crippen molar-refractivity contribution in [3.8, 4) is 0 Å². The molecule has 0 bridgehead atoms. The van der Waals surface area contributed by atoms with Gasteiger partial charge < -0.3 is 0 Å². The quantitative estimate of drug-likeness (QED) is 0.309. The van der Waals surface area contributed by atoms with Gasteiger partial charge in [-0.15, -0.1) is 0 Å². The molecule has 0 atom stereocenters. The highest BCUT2D eigenvalue weighted by Crippen LogP contribution is 2.11. The van der Waals surface area contributed by atoms with E-state index in [0.29, 0.717) is 0 Å². The largest absolute Gasteiger partial charge is 0.0856 e. The summed E-state index contributed by atoms with van der Waals surface area (Å²) in [4.78, 5) is 0. The van der Waals surface area contributed by atoms with E-state index in [1.165, 1.54) is 60.8 Å². The van der Waals surface area contributed by atoms with E-state index in [4.69, 9.17) is 0 Å². The summed E-state index contributed by atoms with van der Waals surface area (Å²) in [6.07, 6.45) is 16.6. The molecule has 114 valence electrons. The second-order valence-corrected chi connectivity index (χ2v) is 6.32. The van der Waals surface area contributed by atoms with Crippen LogP contribution in [0.25, 0.3) is 0 Å². The predicted molar refractivity (Wildman–Crippen MR) is 94.1 cm³/mol. The minimum Gasteiger partial charge on any atom is -0.0856 e. The SMILES string of the molecule is CC(C)=CCCC(C)=CCCC=C(C)CCC=C(C)C. The van der Waals surface area contributed by atoms with E-state index in [9.17, 15) is 0 Å². The maximum atomic E-state index is 2.40. The molecule has 0 rings (SSSR count). The average molecular weight is 274 g/mol. The Bertz CT molecular complexity index is 329. The second kappa shape index (κ2) is 11.8. The summed E-state index contributed by atoms with van der Waals surface area (Å²) in [5.41, 5.74) is 5.90. The van der Waals surface area contributed by atoms with Gasteiger partial charge in [0.2, 0.25) is 0 Å². The maximum Gasteiger partial charge on any atom is -0.0288 e. The minimum atomic E-state index is 1.18. The van der Waals surface area contributed by atoms with Gasteiger partial charge in [-0.25, -0.2) is 0 Å². The molecule has 0 amide bonds. The Kier molecular flexibility index (Phi) is 11.1. The van der Waals surface area contributed by atoms with Crippen LogP contribution in [0.15, 0.2) is 46.6 Å². The lowest BCUT2D eigenvalue weighted by Gasteiger charge is -2.00. The Hall–Kier alpha value is -1.04. The average Bonchev–Trinajstić information content (AvgIpc) is 2.33. The molecular weight excluding hydrogens is 240 g/mol. The topological polar surface area (TPSA) is 0 Å². The van der Waals surface area contributed by atoms with E-state index in [2.05, 4.69) is 65.8 Å². The maximum absolute atomic E-state index is 2.40. The van der Waals surface area contributed by atoms with Crippen LogP contribution in [-0.4, -0.2) is 0 Å². The molecule has 0 aromatic rings. The van der Waals surface area contributed by atoms with Crippen molar-refractivity contribution in [1.82, 2.24) is 0 Å². The van der Waals surface area contributed by atoms with E-state index >= 15 is 0 Å². The fourth-order valence-electron chi connectivity index (χ4n) is 2.04. The third kappa shape index (κ3) is 13.4. The van der Waals surface area contributed by atoms with Crippen molar-refractivity contribution < 1.29 is 0 Å². The van der Waals surface area contributed by atoms with Gasteiger partial charge in [-0.1, -0.05) is 46.6 Å². The zero-order chi connectivity index (χ0) is 15.4. The van der Waals surface area contributed by atoms with E-state index in [1.807, 2.05) is 0 Å². The monoisotopic (exact) mass is 274 g/mol. The van der Waals surface area contributed by atoms with Crippen LogP contribution >= 0.6 is 0 Å². The highest BCUT2D eigenvalue weighted by atomic mass is 14.0. The van der Waals surface area contributed by atoms with Gasteiger partial charge in [-0.3, -0.25) is 0 Å². The van der Waals surface area contributed by atoms with E-state index < -0.39 is 0 Å². The zero-order valence-corrected chi connectivity index (χ0v) is 14.6. The molecular formula is C20H34. The summed E-state index contributed by atoms with van der Waals surface area (Å²) in [5, 5.41) is 0. The van der Waals surface area contributed by atoms with Crippen LogP contribution in [0.3, 0.4) is 0 Å². The highest BCUT2D eigenvalue weighted by Gasteiger charge is 1.91. The molecule has 0 spiro atoms. The van der Waals surface area contributed by atoms with Gasteiger partial charge in [0.15, 0.2) is 0 Å². The first kappa shape index (κ1) is 19.0.